The zero-order chi connectivity index (χ0) is 14.8. The maximum absolute atomic E-state index is 11.6. The van der Waals surface area contributed by atoms with E-state index in [1.807, 2.05) is 0 Å². The van der Waals surface area contributed by atoms with Crippen LogP contribution in [0.2, 0.25) is 0 Å². The van der Waals surface area contributed by atoms with Gasteiger partial charge in [-0.25, -0.2) is 8.42 Å². The third kappa shape index (κ3) is 3.26. The molecule has 7 nitrogen and oxygen atoms in total. The summed E-state index contributed by atoms with van der Waals surface area (Å²) in [6.45, 7) is 1.12. The number of anilines is 1. The van der Waals surface area contributed by atoms with Gasteiger partial charge in [-0.05, 0) is 25.0 Å². The number of benzene rings is 1. The number of hydrogen-bond acceptors (Lipinski definition) is 6. The molecule has 1 fully saturated rings. The highest BCUT2D eigenvalue weighted by Gasteiger charge is 2.26. The normalized spacial score (nSPS) is 18.9. The molecule has 1 atom stereocenters. The topological polar surface area (TPSA) is 98.5 Å². The molecule has 2 rings (SSSR count). The van der Waals surface area contributed by atoms with Crippen LogP contribution in [0.5, 0.6) is 0 Å². The molecule has 1 aliphatic heterocycles. The van der Waals surface area contributed by atoms with E-state index < -0.39 is 20.4 Å². The average molecular weight is 300 g/mol. The third-order valence-corrected chi connectivity index (χ3v) is 4.25. The summed E-state index contributed by atoms with van der Waals surface area (Å²) in [6.07, 6.45) is 2.83. The maximum Gasteiger partial charge on any atom is 0.310 e. The summed E-state index contributed by atoms with van der Waals surface area (Å²) in [5, 5.41) is 14.1. The van der Waals surface area contributed by atoms with Gasteiger partial charge in [-0.3, -0.25) is 10.1 Å². The Morgan fingerprint density at radius 3 is 2.80 bits per heavy atom. The predicted octanol–water partition coefficient (Wildman–Crippen LogP) is 1.59. The van der Waals surface area contributed by atoms with Crippen LogP contribution in [0, 0.1) is 10.1 Å². The monoisotopic (exact) mass is 300 g/mol. The summed E-state index contributed by atoms with van der Waals surface area (Å²) in [6, 6.07) is 4.23. The van der Waals surface area contributed by atoms with Crippen LogP contribution < -0.4 is 5.32 Å². The van der Waals surface area contributed by atoms with Crippen molar-refractivity contribution in [1.82, 2.24) is 0 Å². The second-order valence-electron chi connectivity index (χ2n) is 4.70. The smallest absolute Gasteiger partial charge is 0.310 e. The zero-order valence-electron chi connectivity index (χ0n) is 11.0. The quantitative estimate of drug-likeness (QED) is 0.655. The van der Waals surface area contributed by atoms with E-state index in [9.17, 15) is 18.5 Å². The lowest BCUT2D eigenvalue weighted by molar-refractivity contribution is -0.386. The number of nitro benzene ring substituents is 1. The molecule has 1 aliphatic rings. The molecule has 0 aliphatic carbocycles. The highest BCUT2D eigenvalue weighted by Crippen LogP contribution is 2.32. The van der Waals surface area contributed by atoms with Crippen LogP contribution in [0.25, 0.3) is 0 Å². The summed E-state index contributed by atoms with van der Waals surface area (Å²) in [4.78, 5) is 10.2. The van der Waals surface area contributed by atoms with Crippen LogP contribution in [-0.2, 0) is 14.6 Å². The number of para-hydroxylation sites is 1. The van der Waals surface area contributed by atoms with E-state index >= 15 is 0 Å². The van der Waals surface area contributed by atoms with Crippen molar-refractivity contribution in [1.29, 1.82) is 0 Å². The molecule has 1 aromatic carbocycles. The van der Waals surface area contributed by atoms with Gasteiger partial charge in [-0.15, -0.1) is 0 Å². The van der Waals surface area contributed by atoms with Gasteiger partial charge in [0.15, 0.2) is 9.84 Å². The first-order valence-electron chi connectivity index (χ1n) is 6.22. The van der Waals surface area contributed by atoms with Gasteiger partial charge in [0.1, 0.15) is 10.6 Å². The van der Waals surface area contributed by atoms with Crippen molar-refractivity contribution in [3.05, 3.63) is 28.3 Å². The molecule has 20 heavy (non-hydrogen) atoms. The molecule has 1 saturated heterocycles. The van der Waals surface area contributed by atoms with Crippen molar-refractivity contribution in [2.45, 2.75) is 23.8 Å². The average Bonchev–Trinajstić information content (AvgIpc) is 2.87. The highest BCUT2D eigenvalue weighted by atomic mass is 32.2. The summed E-state index contributed by atoms with van der Waals surface area (Å²) in [5.41, 5.74) is -0.207. The van der Waals surface area contributed by atoms with Crippen molar-refractivity contribution in [2.24, 2.45) is 0 Å². The van der Waals surface area contributed by atoms with Gasteiger partial charge in [0.05, 0.1) is 11.0 Å². The number of hydrogen-bond donors (Lipinski definition) is 1. The Morgan fingerprint density at radius 1 is 1.50 bits per heavy atom. The Labute approximate surface area is 117 Å². The number of nitro groups is 1. The highest BCUT2D eigenvalue weighted by molar-refractivity contribution is 7.90. The summed E-state index contributed by atoms with van der Waals surface area (Å²) < 4.78 is 28.6. The van der Waals surface area contributed by atoms with Crippen molar-refractivity contribution in [3.8, 4) is 0 Å². The van der Waals surface area contributed by atoms with E-state index in [1.54, 1.807) is 0 Å². The molecule has 0 saturated carbocycles. The van der Waals surface area contributed by atoms with Crippen molar-refractivity contribution < 1.29 is 18.1 Å². The van der Waals surface area contributed by atoms with Crippen molar-refractivity contribution >= 4 is 21.2 Å². The first-order valence-corrected chi connectivity index (χ1v) is 8.11. The van der Waals surface area contributed by atoms with Crippen molar-refractivity contribution in [2.75, 3.05) is 24.7 Å². The van der Waals surface area contributed by atoms with Crippen LogP contribution >= 0.6 is 0 Å². The first kappa shape index (κ1) is 14.7. The summed E-state index contributed by atoms with van der Waals surface area (Å²) >= 11 is 0. The van der Waals surface area contributed by atoms with Gasteiger partial charge in [-0.1, -0.05) is 6.07 Å². The summed E-state index contributed by atoms with van der Waals surface area (Å²) in [5.74, 6) is 0. The fourth-order valence-corrected chi connectivity index (χ4v) is 3.04. The molecule has 1 unspecified atom stereocenters. The lowest BCUT2D eigenvalue weighted by Gasteiger charge is -2.13. The Morgan fingerprint density at radius 2 is 2.25 bits per heavy atom. The second-order valence-corrected chi connectivity index (χ2v) is 6.68. The van der Waals surface area contributed by atoms with Gasteiger partial charge >= 0.3 is 5.69 Å². The number of rotatable bonds is 5. The largest absolute Gasteiger partial charge is 0.377 e. The van der Waals surface area contributed by atoms with Gasteiger partial charge in [-0.2, -0.15) is 0 Å². The molecule has 0 amide bonds. The predicted molar refractivity (Wildman–Crippen MR) is 73.7 cm³/mol. The van der Waals surface area contributed by atoms with Crippen LogP contribution in [-0.4, -0.2) is 38.9 Å². The van der Waals surface area contributed by atoms with E-state index in [4.69, 9.17) is 4.74 Å². The molecule has 1 heterocycles. The molecule has 1 N–H and O–H groups in total. The minimum atomic E-state index is -3.65. The van der Waals surface area contributed by atoms with E-state index in [0.29, 0.717) is 13.2 Å². The van der Waals surface area contributed by atoms with Gasteiger partial charge in [0.2, 0.25) is 0 Å². The Balaban J connectivity index is 2.30. The molecule has 0 spiro atoms. The SMILES string of the molecule is CS(=O)(=O)c1cccc(NCC2CCCO2)c1[N+](=O)[O-]. The Bertz CT molecular complexity index is 608. The third-order valence-electron chi connectivity index (χ3n) is 3.13. The number of nitrogens with zero attached hydrogens (tertiary/aromatic N) is 1. The maximum atomic E-state index is 11.6. The molecule has 0 aromatic heterocycles. The molecule has 1 aromatic rings. The molecule has 0 bridgehead atoms. The first-order chi connectivity index (χ1) is 9.39. The number of ether oxygens (including phenoxy) is 1. The van der Waals surface area contributed by atoms with Gasteiger partial charge in [0, 0.05) is 19.4 Å². The lowest BCUT2D eigenvalue weighted by Crippen LogP contribution is -2.19. The molecular weight excluding hydrogens is 284 g/mol. The van der Waals surface area contributed by atoms with Crippen molar-refractivity contribution in [3.63, 3.8) is 0 Å². The molecule has 8 heteroatoms. The van der Waals surface area contributed by atoms with Crippen LogP contribution in [0.4, 0.5) is 11.4 Å². The summed E-state index contributed by atoms with van der Waals surface area (Å²) in [7, 11) is -3.65. The van der Waals surface area contributed by atoms with E-state index in [1.165, 1.54) is 18.2 Å². The van der Waals surface area contributed by atoms with E-state index in [-0.39, 0.29) is 16.7 Å². The fourth-order valence-electron chi connectivity index (χ4n) is 2.18. The van der Waals surface area contributed by atoms with Crippen LogP contribution in [0.15, 0.2) is 23.1 Å². The van der Waals surface area contributed by atoms with E-state index in [2.05, 4.69) is 5.32 Å². The number of sulfone groups is 1. The van der Waals surface area contributed by atoms with Crippen LogP contribution in [0.1, 0.15) is 12.8 Å². The zero-order valence-corrected chi connectivity index (χ0v) is 11.9. The molecule has 0 radical (unpaired) electrons. The van der Waals surface area contributed by atoms with Crippen LogP contribution in [0.3, 0.4) is 0 Å². The Kier molecular flexibility index (Phi) is 4.24. The minimum absolute atomic E-state index is 0.0106. The number of nitrogens with one attached hydrogen (secondary N) is 1. The van der Waals surface area contributed by atoms with E-state index in [0.717, 1.165) is 19.1 Å². The Hall–Kier alpha value is -1.67. The standard InChI is InChI=1S/C12H16N2O5S/c1-20(17,18)11-6-2-5-10(12(11)14(15)16)13-8-9-4-3-7-19-9/h2,5-6,9,13H,3-4,7-8H2,1H3. The van der Waals surface area contributed by atoms with Gasteiger partial charge < -0.3 is 10.1 Å². The fraction of sp³-hybridized carbons (Fsp3) is 0.500. The van der Waals surface area contributed by atoms with Gasteiger partial charge in [0.25, 0.3) is 0 Å². The lowest BCUT2D eigenvalue weighted by atomic mass is 10.2. The molecular formula is C12H16N2O5S. The second kappa shape index (κ2) is 5.76. The molecule has 110 valence electrons. The minimum Gasteiger partial charge on any atom is -0.377 e.